The SMILES string of the molecule is O=C(Cn1cc(C(=O)C(=O)N2CCCC2)c2ccccc21)NCc1c(F)cccc1Cl. The van der Waals surface area contributed by atoms with Gasteiger partial charge in [-0.15, -0.1) is 0 Å². The number of para-hydroxylation sites is 1. The molecule has 0 radical (unpaired) electrons. The first kappa shape index (κ1) is 21.1. The average Bonchev–Trinajstić information content (AvgIpc) is 3.41. The van der Waals surface area contributed by atoms with E-state index in [1.807, 2.05) is 0 Å². The summed E-state index contributed by atoms with van der Waals surface area (Å²) in [6, 6.07) is 11.5. The highest BCUT2D eigenvalue weighted by molar-refractivity contribution is 6.45. The third kappa shape index (κ3) is 4.32. The maximum absolute atomic E-state index is 13.9. The molecule has 0 atom stereocenters. The molecule has 0 unspecified atom stereocenters. The van der Waals surface area contributed by atoms with Gasteiger partial charge in [0.2, 0.25) is 5.91 Å². The Bertz CT molecular complexity index is 1150. The minimum absolute atomic E-state index is 0.0528. The fourth-order valence-electron chi connectivity index (χ4n) is 3.84. The van der Waals surface area contributed by atoms with Crippen molar-refractivity contribution in [1.29, 1.82) is 0 Å². The number of nitrogens with one attached hydrogen (secondary N) is 1. The lowest BCUT2D eigenvalue weighted by Crippen LogP contribution is -2.34. The average molecular weight is 442 g/mol. The number of nitrogens with zero attached hydrogens (tertiary/aromatic N) is 2. The van der Waals surface area contributed by atoms with Gasteiger partial charge in [-0.3, -0.25) is 14.4 Å². The summed E-state index contributed by atoms with van der Waals surface area (Å²) >= 11 is 6.00. The maximum atomic E-state index is 13.9. The van der Waals surface area contributed by atoms with Crippen molar-refractivity contribution in [1.82, 2.24) is 14.8 Å². The highest BCUT2D eigenvalue weighted by atomic mass is 35.5. The van der Waals surface area contributed by atoms with E-state index in [1.54, 1.807) is 39.8 Å². The summed E-state index contributed by atoms with van der Waals surface area (Å²) in [4.78, 5) is 39.5. The zero-order chi connectivity index (χ0) is 22.0. The largest absolute Gasteiger partial charge is 0.350 e. The number of carbonyl (C=O) groups is 3. The minimum atomic E-state index is -0.574. The number of hydrogen-bond donors (Lipinski definition) is 1. The number of halogens is 2. The molecule has 0 aliphatic carbocycles. The lowest BCUT2D eigenvalue weighted by Gasteiger charge is -2.13. The standard InChI is InChI=1S/C23H21ClFN3O3/c24-18-7-5-8-19(25)16(18)12-26-21(29)14-28-13-17(15-6-1-2-9-20(15)28)22(30)23(31)27-10-3-4-11-27/h1-2,5-9,13H,3-4,10-12,14H2,(H,26,29). The van der Waals surface area contributed by atoms with Gasteiger partial charge >= 0.3 is 0 Å². The van der Waals surface area contributed by atoms with Gasteiger partial charge in [-0.2, -0.15) is 0 Å². The molecule has 0 saturated carbocycles. The van der Waals surface area contributed by atoms with Gasteiger partial charge < -0.3 is 14.8 Å². The number of fused-ring (bicyclic) bond motifs is 1. The van der Waals surface area contributed by atoms with Crippen LogP contribution in [-0.4, -0.2) is 40.2 Å². The van der Waals surface area contributed by atoms with E-state index in [0.717, 1.165) is 12.8 Å². The smallest absolute Gasteiger partial charge is 0.295 e. The summed E-state index contributed by atoms with van der Waals surface area (Å²) in [5, 5.41) is 3.51. The van der Waals surface area contributed by atoms with Crippen molar-refractivity contribution in [3.63, 3.8) is 0 Å². The Hall–Kier alpha value is -3.19. The maximum Gasteiger partial charge on any atom is 0.295 e. The van der Waals surface area contributed by atoms with Gasteiger partial charge in [0.15, 0.2) is 0 Å². The lowest BCUT2D eigenvalue weighted by atomic mass is 10.1. The molecule has 160 valence electrons. The molecular formula is C23H21ClFN3O3. The van der Waals surface area contributed by atoms with Crippen LogP contribution in [0.2, 0.25) is 5.02 Å². The van der Waals surface area contributed by atoms with Crippen LogP contribution in [0.5, 0.6) is 0 Å². The molecule has 1 aliphatic heterocycles. The summed E-state index contributed by atoms with van der Waals surface area (Å²) < 4.78 is 15.5. The van der Waals surface area contributed by atoms with Crippen LogP contribution in [0, 0.1) is 5.82 Å². The molecule has 0 spiro atoms. The van der Waals surface area contributed by atoms with E-state index in [1.165, 1.54) is 18.3 Å². The number of ketones is 1. The summed E-state index contributed by atoms with van der Waals surface area (Å²) in [5.41, 5.74) is 1.15. The van der Waals surface area contributed by atoms with E-state index in [2.05, 4.69) is 5.32 Å². The highest BCUT2D eigenvalue weighted by Gasteiger charge is 2.28. The first-order valence-electron chi connectivity index (χ1n) is 10.1. The van der Waals surface area contributed by atoms with E-state index in [0.29, 0.717) is 24.0 Å². The summed E-state index contributed by atoms with van der Waals surface area (Å²) in [6.07, 6.45) is 3.33. The van der Waals surface area contributed by atoms with Gasteiger partial charge in [0.05, 0.1) is 5.56 Å². The first-order chi connectivity index (χ1) is 15.0. The monoisotopic (exact) mass is 441 g/mol. The van der Waals surface area contributed by atoms with Gasteiger partial charge in [-0.25, -0.2) is 4.39 Å². The Morgan fingerprint density at radius 1 is 1.03 bits per heavy atom. The van der Waals surface area contributed by atoms with Crippen LogP contribution in [0.1, 0.15) is 28.8 Å². The van der Waals surface area contributed by atoms with E-state index in [9.17, 15) is 18.8 Å². The number of aromatic nitrogens is 1. The van der Waals surface area contributed by atoms with Crippen LogP contribution in [0.15, 0.2) is 48.7 Å². The number of amides is 2. The second kappa shape index (κ2) is 8.89. The lowest BCUT2D eigenvalue weighted by molar-refractivity contribution is -0.125. The topological polar surface area (TPSA) is 71.4 Å². The van der Waals surface area contributed by atoms with Crippen LogP contribution in [0.3, 0.4) is 0 Å². The Kier molecular flexibility index (Phi) is 6.04. The molecule has 1 saturated heterocycles. The molecule has 0 bridgehead atoms. The Morgan fingerprint density at radius 3 is 2.52 bits per heavy atom. The molecule has 1 aromatic heterocycles. The fourth-order valence-corrected chi connectivity index (χ4v) is 4.07. The van der Waals surface area contributed by atoms with Crippen molar-refractivity contribution in [2.24, 2.45) is 0 Å². The summed E-state index contributed by atoms with van der Waals surface area (Å²) in [7, 11) is 0. The first-order valence-corrected chi connectivity index (χ1v) is 10.4. The van der Waals surface area contributed by atoms with Crippen LogP contribution >= 0.6 is 11.6 Å². The van der Waals surface area contributed by atoms with Crippen LogP contribution in [0.25, 0.3) is 10.9 Å². The molecule has 2 amide bonds. The van der Waals surface area contributed by atoms with Crippen LogP contribution < -0.4 is 5.32 Å². The summed E-state index contributed by atoms with van der Waals surface area (Å²) in [5.74, 6) is -1.95. The number of likely N-dealkylation sites (tertiary alicyclic amines) is 1. The van der Waals surface area contributed by atoms with Crippen molar-refractivity contribution in [3.8, 4) is 0 Å². The van der Waals surface area contributed by atoms with E-state index in [-0.39, 0.29) is 35.1 Å². The molecule has 1 N–H and O–H groups in total. The number of Topliss-reactive ketones (excluding diaryl/α,β-unsaturated/α-hetero) is 1. The van der Waals surface area contributed by atoms with Crippen LogP contribution in [-0.2, 0) is 22.7 Å². The Balaban J connectivity index is 1.53. The molecule has 8 heteroatoms. The number of carbonyl (C=O) groups excluding carboxylic acids is 3. The van der Waals surface area contributed by atoms with Crippen molar-refractivity contribution in [2.45, 2.75) is 25.9 Å². The van der Waals surface area contributed by atoms with Gasteiger partial charge in [-0.1, -0.05) is 35.9 Å². The van der Waals surface area contributed by atoms with Crippen LogP contribution in [0.4, 0.5) is 4.39 Å². The van der Waals surface area contributed by atoms with Crippen molar-refractivity contribution in [3.05, 3.63) is 70.6 Å². The molecule has 2 heterocycles. The Labute approximate surface area is 183 Å². The molecule has 1 fully saturated rings. The van der Waals surface area contributed by atoms with E-state index in [4.69, 9.17) is 11.6 Å². The predicted octanol–water partition coefficient (Wildman–Crippen LogP) is 3.56. The quantitative estimate of drug-likeness (QED) is 0.469. The zero-order valence-electron chi connectivity index (χ0n) is 16.7. The fraction of sp³-hybridized carbons (Fsp3) is 0.261. The van der Waals surface area contributed by atoms with E-state index >= 15 is 0 Å². The van der Waals surface area contributed by atoms with Gasteiger partial charge in [-0.05, 0) is 31.0 Å². The third-order valence-electron chi connectivity index (χ3n) is 5.46. The van der Waals surface area contributed by atoms with E-state index < -0.39 is 17.5 Å². The second-order valence-corrected chi connectivity index (χ2v) is 7.90. The highest BCUT2D eigenvalue weighted by Crippen LogP contribution is 2.23. The Morgan fingerprint density at radius 2 is 1.77 bits per heavy atom. The molecular weight excluding hydrogens is 421 g/mol. The van der Waals surface area contributed by atoms with Crippen molar-refractivity contribution >= 4 is 40.1 Å². The second-order valence-electron chi connectivity index (χ2n) is 7.49. The number of benzene rings is 2. The van der Waals surface area contributed by atoms with Gasteiger partial charge in [0.25, 0.3) is 11.7 Å². The number of rotatable bonds is 6. The molecule has 31 heavy (non-hydrogen) atoms. The minimum Gasteiger partial charge on any atom is -0.350 e. The molecule has 2 aromatic carbocycles. The molecule has 4 rings (SSSR count). The van der Waals surface area contributed by atoms with Crippen molar-refractivity contribution < 1.29 is 18.8 Å². The van der Waals surface area contributed by atoms with Gasteiger partial charge in [0, 0.05) is 47.3 Å². The molecule has 6 nitrogen and oxygen atoms in total. The predicted molar refractivity (Wildman–Crippen MR) is 115 cm³/mol. The van der Waals surface area contributed by atoms with Gasteiger partial charge in [0.1, 0.15) is 12.4 Å². The molecule has 3 aromatic rings. The van der Waals surface area contributed by atoms with Crippen molar-refractivity contribution in [2.75, 3.05) is 13.1 Å². The normalized spacial score (nSPS) is 13.5. The third-order valence-corrected chi connectivity index (χ3v) is 5.81. The zero-order valence-corrected chi connectivity index (χ0v) is 17.5. The molecule has 1 aliphatic rings. The summed E-state index contributed by atoms with van der Waals surface area (Å²) in [6.45, 7) is 1.04. The number of hydrogen-bond acceptors (Lipinski definition) is 3.